The average molecular weight is 504 g/mol. The molecule has 1 aromatic carbocycles. The lowest BCUT2D eigenvalue weighted by Gasteiger charge is -2.20. The van der Waals surface area contributed by atoms with Crippen molar-refractivity contribution in [3.05, 3.63) is 67.1 Å². The SMILES string of the molecule is Cc1nc2scc(CC(=O)NC(C)(C)C)n2c(=O)c1-c1cc(C)n(-c2ccc(Cl)c(Cl)c2)n1. The maximum atomic E-state index is 13.6. The number of carbonyl (C=O) groups is 1. The molecular formula is C23H23Cl2N5O2S. The van der Waals surface area contributed by atoms with E-state index in [4.69, 9.17) is 23.2 Å². The second-order valence-electron chi connectivity index (χ2n) is 8.88. The Kier molecular flexibility index (Phi) is 6.11. The zero-order valence-corrected chi connectivity index (χ0v) is 21.2. The van der Waals surface area contributed by atoms with E-state index in [-0.39, 0.29) is 23.4 Å². The van der Waals surface area contributed by atoms with E-state index in [0.717, 1.165) is 11.4 Å². The summed E-state index contributed by atoms with van der Waals surface area (Å²) in [6, 6.07) is 7.07. The number of aryl methyl sites for hydroxylation is 2. The van der Waals surface area contributed by atoms with Crippen LogP contribution >= 0.6 is 34.5 Å². The highest BCUT2D eigenvalue weighted by molar-refractivity contribution is 7.15. The number of nitrogens with one attached hydrogen (secondary N) is 1. The van der Waals surface area contributed by atoms with Crippen LogP contribution < -0.4 is 10.9 Å². The molecular weight excluding hydrogens is 481 g/mol. The Labute approximate surface area is 205 Å². The van der Waals surface area contributed by atoms with Gasteiger partial charge in [-0.05, 0) is 58.9 Å². The van der Waals surface area contributed by atoms with Crippen molar-refractivity contribution in [2.45, 2.75) is 46.6 Å². The van der Waals surface area contributed by atoms with E-state index in [1.165, 1.54) is 15.7 Å². The maximum absolute atomic E-state index is 13.6. The van der Waals surface area contributed by atoms with Gasteiger partial charge in [0.05, 0.1) is 33.4 Å². The van der Waals surface area contributed by atoms with Crippen molar-refractivity contribution >= 4 is 45.4 Å². The van der Waals surface area contributed by atoms with Gasteiger partial charge in [-0.1, -0.05) is 23.2 Å². The highest BCUT2D eigenvalue weighted by Gasteiger charge is 2.21. The number of hydrogen-bond acceptors (Lipinski definition) is 5. The van der Waals surface area contributed by atoms with E-state index < -0.39 is 0 Å². The van der Waals surface area contributed by atoms with Gasteiger partial charge in [-0.25, -0.2) is 9.67 Å². The molecule has 0 aliphatic heterocycles. The van der Waals surface area contributed by atoms with Crippen LogP contribution in [0.3, 0.4) is 0 Å². The zero-order valence-electron chi connectivity index (χ0n) is 18.9. The number of hydrogen-bond donors (Lipinski definition) is 1. The first kappa shape index (κ1) is 23.5. The largest absolute Gasteiger partial charge is 0.351 e. The number of carbonyl (C=O) groups excluding carboxylic acids is 1. The fraction of sp³-hybridized carbons (Fsp3) is 0.304. The van der Waals surface area contributed by atoms with Crippen molar-refractivity contribution in [2.24, 2.45) is 0 Å². The molecule has 10 heteroatoms. The Balaban J connectivity index is 1.80. The first-order valence-electron chi connectivity index (χ1n) is 10.3. The van der Waals surface area contributed by atoms with Crippen LogP contribution in [0.4, 0.5) is 0 Å². The van der Waals surface area contributed by atoms with Crippen LogP contribution in [0.1, 0.15) is 37.9 Å². The monoisotopic (exact) mass is 503 g/mol. The van der Waals surface area contributed by atoms with E-state index in [2.05, 4.69) is 15.4 Å². The van der Waals surface area contributed by atoms with Gasteiger partial charge in [-0.3, -0.25) is 14.0 Å². The number of aromatic nitrogens is 4. The molecule has 3 heterocycles. The third-order valence-corrected chi connectivity index (χ3v) is 6.58. The van der Waals surface area contributed by atoms with Gasteiger partial charge in [0.25, 0.3) is 5.56 Å². The van der Waals surface area contributed by atoms with Gasteiger partial charge < -0.3 is 5.32 Å². The lowest BCUT2D eigenvalue weighted by atomic mass is 10.1. The molecule has 0 radical (unpaired) electrons. The van der Waals surface area contributed by atoms with Crippen molar-refractivity contribution in [3.63, 3.8) is 0 Å². The normalized spacial score (nSPS) is 11.8. The molecule has 1 N–H and O–H groups in total. The number of thiazole rings is 1. The van der Waals surface area contributed by atoms with Gasteiger partial charge >= 0.3 is 0 Å². The summed E-state index contributed by atoms with van der Waals surface area (Å²) in [4.78, 5) is 31.2. The predicted octanol–water partition coefficient (Wildman–Crippen LogP) is 4.99. The summed E-state index contributed by atoms with van der Waals surface area (Å²) in [5.74, 6) is -0.157. The molecule has 4 rings (SSSR count). The fourth-order valence-electron chi connectivity index (χ4n) is 3.63. The van der Waals surface area contributed by atoms with Crippen LogP contribution in [-0.4, -0.2) is 30.6 Å². The number of benzene rings is 1. The molecule has 0 bridgehead atoms. The molecule has 0 saturated heterocycles. The van der Waals surface area contributed by atoms with Gasteiger partial charge in [-0.2, -0.15) is 5.10 Å². The summed E-state index contributed by atoms with van der Waals surface area (Å²) in [5, 5.41) is 10.3. The van der Waals surface area contributed by atoms with Crippen LogP contribution in [0.25, 0.3) is 21.9 Å². The summed E-state index contributed by atoms with van der Waals surface area (Å²) in [7, 11) is 0. The second kappa shape index (κ2) is 8.59. The van der Waals surface area contributed by atoms with Gasteiger partial charge in [0, 0.05) is 22.3 Å². The van der Waals surface area contributed by atoms with E-state index in [1.54, 1.807) is 29.1 Å². The zero-order chi connectivity index (χ0) is 24.1. The van der Waals surface area contributed by atoms with Crippen molar-refractivity contribution in [1.29, 1.82) is 0 Å². The predicted molar refractivity (Wildman–Crippen MR) is 133 cm³/mol. The molecule has 0 unspecified atom stereocenters. The molecule has 0 saturated carbocycles. The molecule has 0 atom stereocenters. The molecule has 0 aliphatic carbocycles. The van der Waals surface area contributed by atoms with Crippen LogP contribution in [0.2, 0.25) is 10.0 Å². The van der Waals surface area contributed by atoms with Crippen molar-refractivity contribution in [1.82, 2.24) is 24.5 Å². The highest BCUT2D eigenvalue weighted by atomic mass is 35.5. The van der Waals surface area contributed by atoms with Crippen LogP contribution in [0.5, 0.6) is 0 Å². The first-order valence-corrected chi connectivity index (χ1v) is 11.9. The van der Waals surface area contributed by atoms with Crippen LogP contribution in [0, 0.1) is 13.8 Å². The van der Waals surface area contributed by atoms with Crippen LogP contribution in [-0.2, 0) is 11.2 Å². The fourth-order valence-corrected chi connectivity index (χ4v) is 4.84. The first-order chi connectivity index (χ1) is 15.4. The number of nitrogens with zero attached hydrogens (tertiary/aromatic N) is 4. The van der Waals surface area contributed by atoms with Gasteiger partial charge in [0.2, 0.25) is 5.91 Å². The van der Waals surface area contributed by atoms with Gasteiger partial charge in [-0.15, -0.1) is 11.3 Å². The average Bonchev–Trinajstić information content (AvgIpc) is 3.26. The summed E-state index contributed by atoms with van der Waals surface area (Å²) in [5.41, 5.74) is 3.00. The Morgan fingerprint density at radius 2 is 1.88 bits per heavy atom. The lowest BCUT2D eigenvalue weighted by Crippen LogP contribution is -2.41. The maximum Gasteiger partial charge on any atom is 0.268 e. The quantitative estimate of drug-likeness (QED) is 0.425. The third-order valence-electron chi connectivity index (χ3n) is 4.97. The lowest BCUT2D eigenvalue weighted by molar-refractivity contribution is -0.121. The van der Waals surface area contributed by atoms with Gasteiger partial charge in [0.15, 0.2) is 4.96 Å². The van der Waals surface area contributed by atoms with E-state index in [1.807, 2.05) is 39.8 Å². The minimum atomic E-state index is -0.358. The molecule has 7 nitrogen and oxygen atoms in total. The Bertz CT molecular complexity index is 1450. The smallest absolute Gasteiger partial charge is 0.268 e. The minimum absolute atomic E-state index is 0.0814. The molecule has 33 heavy (non-hydrogen) atoms. The molecule has 0 aliphatic rings. The minimum Gasteiger partial charge on any atom is -0.351 e. The van der Waals surface area contributed by atoms with Crippen molar-refractivity contribution in [2.75, 3.05) is 0 Å². The molecule has 1 amide bonds. The summed E-state index contributed by atoms with van der Waals surface area (Å²) in [6.45, 7) is 9.43. The summed E-state index contributed by atoms with van der Waals surface area (Å²) < 4.78 is 3.21. The standard InChI is InChI=1S/C23H23Cl2N5O2S/c1-12-8-18(28-30(12)14-6-7-16(24)17(25)9-14)20-13(2)26-22-29(21(20)32)15(11-33-22)10-19(31)27-23(3,4)5/h6-9,11H,10H2,1-5H3,(H,27,31). The van der Waals surface area contributed by atoms with Crippen molar-refractivity contribution in [3.8, 4) is 16.9 Å². The molecule has 172 valence electrons. The van der Waals surface area contributed by atoms with Crippen molar-refractivity contribution < 1.29 is 4.79 Å². The Morgan fingerprint density at radius 1 is 1.15 bits per heavy atom. The Morgan fingerprint density at radius 3 is 2.55 bits per heavy atom. The highest BCUT2D eigenvalue weighted by Crippen LogP contribution is 2.27. The Hall–Kier alpha value is -2.68. The third kappa shape index (κ3) is 4.69. The number of amides is 1. The molecule has 0 fully saturated rings. The molecule has 0 spiro atoms. The van der Waals surface area contributed by atoms with Crippen LogP contribution in [0.15, 0.2) is 34.4 Å². The number of halogens is 2. The van der Waals surface area contributed by atoms with E-state index >= 15 is 0 Å². The molecule has 3 aromatic heterocycles. The summed E-state index contributed by atoms with van der Waals surface area (Å²) >= 11 is 13.5. The van der Waals surface area contributed by atoms with E-state index in [9.17, 15) is 9.59 Å². The number of rotatable bonds is 4. The number of fused-ring (bicyclic) bond motifs is 1. The van der Waals surface area contributed by atoms with Gasteiger partial charge in [0.1, 0.15) is 5.69 Å². The van der Waals surface area contributed by atoms with E-state index in [0.29, 0.717) is 37.7 Å². The summed E-state index contributed by atoms with van der Waals surface area (Å²) in [6.07, 6.45) is 0.0814. The second-order valence-corrected chi connectivity index (χ2v) is 10.5. The molecule has 4 aromatic rings. The topological polar surface area (TPSA) is 81.3 Å².